The smallest absolute Gasteiger partial charge is 0.124 e. The van der Waals surface area contributed by atoms with Crippen LogP contribution in [0.25, 0.3) is 0 Å². The summed E-state index contributed by atoms with van der Waals surface area (Å²) >= 11 is 0. The summed E-state index contributed by atoms with van der Waals surface area (Å²) in [4.78, 5) is 0. The van der Waals surface area contributed by atoms with Crippen LogP contribution < -0.4 is 10.1 Å². The highest BCUT2D eigenvalue weighted by molar-refractivity contribution is 5.33. The van der Waals surface area contributed by atoms with Gasteiger partial charge in [-0.2, -0.15) is 0 Å². The van der Waals surface area contributed by atoms with Gasteiger partial charge in [-0.25, -0.2) is 0 Å². The van der Waals surface area contributed by atoms with Gasteiger partial charge in [-0.1, -0.05) is 30.9 Å². The maximum Gasteiger partial charge on any atom is 0.124 e. The van der Waals surface area contributed by atoms with E-state index in [0.29, 0.717) is 6.61 Å². The second kappa shape index (κ2) is 7.90. The lowest BCUT2D eigenvalue weighted by Crippen LogP contribution is -2.28. The summed E-state index contributed by atoms with van der Waals surface area (Å²) < 4.78 is 5.59. The van der Waals surface area contributed by atoms with Gasteiger partial charge in [0.25, 0.3) is 0 Å². The van der Waals surface area contributed by atoms with Crippen molar-refractivity contribution >= 4 is 0 Å². The van der Waals surface area contributed by atoms with E-state index in [1.54, 1.807) is 13.0 Å². The molecule has 0 aliphatic heterocycles. The zero-order valence-corrected chi connectivity index (χ0v) is 11.2. The van der Waals surface area contributed by atoms with Crippen molar-refractivity contribution in [1.82, 2.24) is 5.32 Å². The van der Waals surface area contributed by atoms with Crippen LogP contribution in [0.4, 0.5) is 0 Å². The average Bonchev–Trinajstić information content (AvgIpc) is 2.34. The van der Waals surface area contributed by atoms with Crippen molar-refractivity contribution in [2.45, 2.75) is 39.0 Å². The van der Waals surface area contributed by atoms with E-state index in [2.05, 4.69) is 18.8 Å². The molecule has 0 amide bonds. The molecule has 0 radical (unpaired) electrons. The van der Waals surface area contributed by atoms with Crippen molar-refractivity contribution in [3.63, 3.8) is 0 Å². The molecule has 0 spiro atoms. The second-order valence-corrected chi connectivity index (χ2v) is 4.57. The summed E-state index contributed by atoms with van der Waals surface area (Å²) in [5.41, 5.74) is 1.12. The van der Waals surface area contributed by atoms with E-state index in [9.17, 15) is 5.11 Å². The topological polar surface area (TPSA) is 41.5 Å². The minimum atomic E-state index is -0.278. The van der Waals surface area contributed by atoms with Gasteiger partial charge >= 0.3 is 0 Å². The Morgan fingerprint density at radius 3 is 2.78 bits per heavy atom. The van der Waals surface area contributed by atoms with Crippen LogP contribution in [0, 0.1) is 0 Å². The molecule has 2 N–H and O–H groups in total. The zero-order chi connectivity index (χ0) is 13.4. The Balaban J connectivity index is 2.52. The minimum absolute atomic E-state index is 0.275. The van der Waals surface area contributed by atoms with Gasteiger partial charge in [0.15, 0.2) is 0 Å². The fourth-order valence-corrected chi connectivity index (χ4v) is 1.82. The first-order valence-electron chi connectivity index (χ1n) is 6.36. The Labute approximate surface area is 109 Å². The fourth-order valence-electron chi connectivity index (χ4n) is 1.82. The lowest BCUT2D eigenvalue weighted by molar-refractivity contribution is 0.170. The van der Waals surface area contributed by atoms with Gasteiger partial charge in [0, 0.05) is 18.2 Å². The number of ether oxygens (including phenoxy) is 1. The number of hydrogen-bond donors (Lipinski definition) is 2. The van der Waals surface area contributed by atoms with E-state index in [1.165, 1.54) is 0 Å². The lowest BCUT2D eigenvalue weighted by atomic mass is 10.1. The molecule has 1 aromatic rings. The van der Waals surface area contributed by atoms with Crippen molar-refractivity contribution in [1.29, 1.82) is 0 Å². The van der Waals surface area contributed by atoms with E-state index in [-0.39, 0.29) is 12.1 Å². The van der Waals surface area contributed by atoms with Crippen LogP contribution in [0.5, 0.6) is 5.75 Å². The minimum Gasteiger partial charge on any atom is -0.489 e. The third-order valence-electron chi connectivity index (χ3n) is 2.66. The Morgan fingerprint density at radius 1 is 1.39 bits per heavy atom. The largest absolute Gasteiger partial charge is 0.489 e. The summed E-state index contributed by atoms with van der Waals surface area (Å²) in [5, 5.41) is 12.7. The Hall–Kier alpha value is -1.32. The van der Waals surface area contributed by atoms with Crippen LogP contribution in [0.3, 0.4) is 0 Å². The van der Waals surface area contributed by atoms with Gasteiger partial charge in [-0.05, 0) is 26.3 Å². The summed E-state index contributed by atoms with van der Waals surface area (Å²) in [6.45, 7) is 8.77. The highest BCUT2D eigenvalue weighted by Gasteiger charge is 2.07. The molecule has 100 valence electrons. The third-order valence-corrected chi connectivity index (χ3v) is 2.66. The lowest BCUT2D eigenvalue weighted by Gasteiger charge is -2.17. The Kier molecular flexibility index (Phi) is 6.47. The molecule has 0 bridgehead atoms. The number of aliphatic hydroxyl groups is 1. The van der Waals surface area contributed by atoms with E-state index in [1.807, 2.05) is 24.3 Å². The Bertz CT molecular complexity index is 363. The fraction of sp³-hybridized carbons (Fsp3) is 0.467. The molecule has 0 aliphatic rings. The van der Waals surface area contributed by atoms with E-state index >= 15 is 0 Å². The molecular weight excluding hydrogens is 226 g/mol. The van der Waals surface area contributed by atoms with E-state index in [4.69, 9.17) is 4.74 Å². The van der Waals surface area contributed by atoms with Crippen LogP contribution in [-0.2, 0) is 6.54 Å². The number of benzene rings is 1. The quantitative estimate of drug-likeness (QED) is 0.696. The van der Waals surface area contributed by atoms with Gasteiger partial charge in [0.1, 0.15) is 12.4 Å². The zero-order valence-electron chi connectivity index (χ0n) is 11.2. The maximum atomic E-state index is 9.31. The summed E-state index contributed by atoms with van der Waals surface area (Å²) in [6.07, 6.45) is 2.20. The highest BCUT2D eigenvalue weighted by atomic mass is 16.5. The number of rotatable bonds is 8. The van der Waals surface area contributed by atoms with Gasteiger partial charge in [-0.3, -0.25) is 0 Å². The molecule has 0 saturated heterocycles. The molecule has 0 fully saturated rings. The first-order valence-corrected chi connectivity index (χ1v) is 6.36. The first kappa shape index (κ1) is 14.7. The highest BCUT2D eigenvalue weighted by Crippen LogP contribution is 2.18. The molecule has 0 heterocycles. The molecule has 2 unspecified atom stereocenters. The molecule has 3 heteroatoms. The number of nitrogens with one attached hydrogen (secondary N) is 1. The first-order chi connectivity index (χ1) is 8.63. The van der Waals surface area contributed by atoms with E-state index < -0.39 is 0 Å². The summed E-state index contributed by atoms with van der Waals surface area (Å²) in [6, 6.07) is 8.23. The van der Waals surface area contributed by atoms with Crippen molar-refractivity contribution in [2.75, 3.05) is 6.61 Å². The summed E-state index contributed by atoms with van der Waals surface area (Å²) in [7, 11) is 0. The van der Waals surface area contributed by atoms with Crippen molar-refractivity contribution < 1.29 is 9.84 Å². The van der Waals surface area contributed by atoms with E-state index in [0.717, 1.165) is 24.3 Å². The SMILES string of the molecule is C=CCOc1ccccc1CNC(C)CC(C)O. The van der Waals surface area contributed by atoms with Gasteiger partial charge in [0.2, 0.25) is 0 Å². The average molecular weight is 249 g/mol. The Morgan fingerprint density at radius 2 is 2.11 bits per heavy atom. The van der Waals surface area contributed by atoms with Gasteiger partial charge < -0.3 is 15.2 Å². The predicted molar refractivity (Wildman–Crippen MR) is 74.7 cm³/mol. The molecule has 1 rings (SSSR count). The van der Waals surface area contributed by atoms with Crippen LogP contribution in [0.2, 0.25) is 0 Å². The molecule has 1 aromatic carbocycles. The van der Waals surface area contributed by atoms with Gasteiger partial charge in [0.05, 0.1) is 6.10 Å². The number of hydrogen-bond acceptors (Lipinski definition) is 3. The molecule has 2 atom stereocenters. The normalized spacial score (nSPS) is 13.9. The van der Waals surface area contributed by atoms with Crippen LogP contribution in [-0.4, -0.2) is 23.9 Å². The predicted octanol–water partition coefficient (Wildman–Crippen LogP) is 2.50. The van der Waals surface area contributed by atoms with Crippen LogP contribution in [0.15, 0.2) is 36.9 Å². The summed E-state index contributed by atoms with van der Waals surface area (Å²) in [5.74, 6) is 0.883. The van der Waals surface area contributed by atoms with Crippen molar-refractivity contribution in [3.05, 3.63) is 42.5 Å². The molecule has 3 nitrogen and oxygen atoms in total. The number of aliphatic hydroxyl groups excluding tert-OH is 1. The van der Waals surface area contributed by atoms with Gasteiger partial charge in [-0.15, -0.1) is 0 Å². The molecule has 0 aliphatic carbocycles. The third kappa shape index (κ3) is 5.34. The molecule has 0 aromatic heterocycles. The molecule has 0 saturated carbocycles. The molecule has 18 heavy (non-hydrogen) atoms. The van der Waals surface area contributed by atoms with Crippen molar-refractivity contribution in [3.8, 4) is 5.75 Å². The molecular formula is C15H23NO2. The standard InChI is InChI=1S/C15H23NO2/c1-4-9-18-15-8-6-5-7-14(15)11-16-12(2)10-13(3)17/h4-8,12-13,16-17H,1,9-11H2,2-3H3. The monoisotopic (exact) mass is 249 g/mol. The van der Waals surface area contributed by atoms with Crippen LogP contribution >= 0.6 is 0 Å². The van der Waals surface area contributed by atoms with Crippen LogP contribution in [0.1, 0.15) is 25.8 Å². The second-order valence-electron chi connectivity index (χ2n) is 4.57. The maximum absolute atomic E-state index is 9.31. The number of para-hydroxylation sites is 1. The van der Waals surface area contributed by atoms with Crippen molar-refractivity contribution in [2.24, 2.45) is 0 Å².